The third-order valence-corrected chi connectivity index (χ3v) is 7.06. The summed E-state index contributed by atoms with van der Waals surface area (Å²) >= 11 is 0. The molecule has 2 fully saturated rings. The van der Waals surface area contributed by atoms with Crippen molar-refractivity contribution in [2.75, 3.05) is 11.4 Å². The Bertz CT molecular complexity index is 1320. The van der Waals surface area contributed by atoms with Crippen LogP contribution in [0.5, 0.6) is 5.75 Å². The van der Waals surface area contributed by atoms with Gasteiger partial charge in [-0.05, 0) is 75.2 Å². The highest BCUT2D eigenvalue weighted by atomic mass is 19.4. The maximum absolute atomic E-state index is 14.0. The van der Waals surface area contributed by atoms with Gasteiger partial charge in [0.05, 0.1) is 17.2 Å². The van der Waals surface area contributed by atoms with E-state index in [-0.39, 0.29) is 11.7 Å². The molecule has 2 saturated heterocycles. The number of carbonyl (C=O) groups is 2. The number of urea groups is 1. The number of nitrogens with one attached hydrogen (secondary N) is 1. The normalized spacial score (nSPS) is 20.9. The molecule has 0 bridgehead atoms. The Kier molecular flexibility index (Phi) is 6.31. The summed E-state index contributed by atoms with van der Waals surface area (Å²) in [5.74, 6) is -0.889. The number of imide groups is 1. The minimum atomic E-state index is -4.84. The SMILES string of the molecule is CC1(C)C(=O)N(c2ccc(OC(F)(F)F)cc2)C(=O)N1C(c1ccnc2ccccc12)C1CCCCN1. The van der Waals surface area contributed by atoms with Gasteiger partial charge in [0.25, 0.3) is 5.91 Å². The molecule has 1 aromatic heterocycles. The van der Waals surface area contributed by atoms with Crippen molar-refractivity contribution in [2.24, 2.45) is 0 Å². The predicted molar refractivity (Wildman–Crippen MR) is 132 cm³/mol. The van der Waals surface area contributed by atoms with Gasteiger partial charge in [0.2, 0.25) is 0 Å². The van der Waals surface area contributed by atoms with Crippen molar-refractivity contribution in [3.05, 3.63) is 66.4 Å². The molecule has 3 amide bonds. The second-order valence-corrected chi connectivity index (χ2v) is 9.81. The highest BCUT2D eigenvalue weighted by Gasteiger charge is 2.56. The molecule has 2 aliphatic heterocycles. The first kappa shape index (κ1) is 25.0. The number of pyridine rings is 1. The number of rotatable bonds is 5. The van der Waals surface area contributed by atoms with Crippen LogP contribution in [-0.4, -0.2) is 46.3 Å². The number of halogens is 3. The average Bonchev–Trinajstić information content (AvgIpc) is 3.04. The van der Waals surface area contributed by atoms with E-state index in [1.165, 1.54) is 12.1 Å². The highest BCUT2D eigenvalue weighted by Crippen LogP contribution is 2.43. The molecule has 0 aliphatic carbocycles. The highest BCUT2D eigenvalue weighted by molar-refractivity contribution is 6.23. The first-order valence-electron chi connectivity index (χ1n) is 12.2. The summed E-state index contributed by atoms with van der Waals surface area (Å²) in [5.41, 5.74) is 0.630. The van der Waals surface area contributed by atoms with Crippen LogP contribution >= 0.6 is 0 Å². The quantitative estimate of drug-likeness (QED) is 0.453. The molecule has 37 heavy (non-hydrogen) atoms. The van der Waals surface area contributed by atoms with Crippen molar-refractivity contribution in [2.45, 2.75) is 57.1 Å². The molecule has 0 saturated carbocycles. The summed E-state index contributed by atoms with van der Waals surface area (Å²) in [6.45, 7) is 4.20. The van der Waals surface area contributed by atoms with Gasteiger partial charge in [0.15, 0.2) is 0 Å². The van der Waals surface area contributed by atoms with Gasteiger partial charge in [0, 0.05) is 17.6 Å². The average molecular weight is 513 g/mol. The summed E-state index contributed by atoms with van der Waals surface area (Å²) in [6.07, 6.45) is -0.307. The van der Waals surface area contributed by atoms with Crippen molar-refractivity contribution in [1.82, 2.24) is 15.2 Å². The molecule has 2 aromatic carbocycles. The zero-order chi connectivity index (χ0) is 26.4. The molecule has 3 aromatic rings. The minimum Gasteiger partial charge on any atom is -0.406 e. The van der Waals surface area contributed by atoms with E-state index in [0.717, 1.165) is 59.3 Å². The fourth-order valence-corrected chi connectivity index (χ4v) is 5.36. The van der Waals surface area contributed by atoms with Gasteiger partial charge in [-0.3, -0.25) is 9.78 Å². The van der Waals surface area contributed by atoms with Crippen molar-refractivity contribution in [1.29, 1.82) is 0 Å². The minimum absolute atomic E-state index is 0.0990. The lowest BCUT2D eigenvalue weighted by molar-refractivity contribution is -0.274. The maximum atomic E-state index is 14.0. The van der Waals surface area contributed by atoms with Crippen LogP contribution in [-0.2, 0) is 4.79 Å². The lowest BCUT2D eigenvalue weighted by Gasteiger charge is -2.42. The zero-order valence-electron chi connectivity index (χ0n) is 20.5. The molecule has 7 nitrogen and oxygen atoms in total. The van der Waals surface area contributed by atoms with Crippen LogP contribution in [0.3, 0.4) is 0 Å². The molecule has 2 aliphatic rings. The van der Waals surface area contributed by atoms with E-state index in [9.17, 15) is 22.8 Å². The van der Waals surface area contributed by atoms with Crippen molar-refractivity contribution < 1.29 is 27.5 Å². The molecule has 10 heteroatoms. The fourth-order valence-electron chi connectivity index (χ4n) is 5.36. The Balaban J connectivity index is 1.58. The number of piperidine rings is 1. The van der Waals surface area contributed by atoms with Crippen LogP contribution in [0.15, 0.2) is 60.8 Å². The lowest BCUT2D eigenvalue weighted by atomic mass is 9.87. The molecular weight excluding hydrogens is 485 g/mol. The Labute approximate surface area is 212 Å². The number of fused-ring (bicyclic) bond motifs is 1. The second kappa shape index (κ2) is 9.33. The van der Waals surface area contributed by atoms with E-state index in [2.05, 4.69) is 15.0 Å². The molecule has 5 rings (SSSR count). The summed E-state index contributed by atoms with van der Waals surface area (Å²) in [7, 11) is 0. The number of alkyl halides is 3. The number of carbonyl (C=O) groups excluding carboxylic acids is 2. The van der Waals surface area contributed by atoms with Gasteiger partial charge < -0.3 is 15.0 Å². The number of hydrogen-bond acceptors (Lipinski definition) is 5. The number of ether oxygens (including phenoxy) is 1. The molecule has 3 heterocycles. The largest absolute Gasteiger partial charge is 0.573 e. The molecule has 194 valence electrons. The Morgan fingerprint density at radius 3 is 2.46 bits per heavy atom. The third kappa shape index (κ3) is 4.61. The predicted octanol–water partition coefficient (Wildman–Crippen LogP) is 5.56. The van der Waals surface area contributed by atoms with E-state index >= 15 is 0 Å². The number of benzene rings is 2. The maximum Gasteiger partial charge on any atom is 0.573 e. The van der Waals surface area contributed by atoms with Gasteiger partial charge >= 0.3 is 12.4 Å². The fraction of sp³-hybridized carbons (Fsp3) is 0.370. The lowest BCUT2D eigenvalue weighted by Crippen LogP contribution is -2.53. The van der Waals surface area contributed by atoms with Gasteiger partial charge in [-0.2, -0.15) is 0 Å². The van der Waals surface area contributed by atoms with Crippen molar-refractivity contribution in [3.8, 4) is 5.75 Å². The monoisotopic (exact) mass is 512 g/mol. The Morgan fingerprint density at radius 2 is 1.78 bits per heavy atom. The smallest absolute Gasteiger partial charge is 0.406 e. The van der Waals surface area contributed by atoms with Gasteiger partial charge in [-0.1, -0.05) is 24.6 Å². The molecular formula is C27H27F3N4O3. The number of amides is 3. The summed E-state index contributed by atoms with van der Waals surface area (Å²) in [5, 5.41) is 4.44. The second-order valence-electron chi connectivity index (χ2n) is 9.81. The van der Waals surface area contributed by atoms with E-state index in [1.54, 1.807) is 24.9 Å². The van der Waals surface area contributed by atoms with E-state index in [0.29, 0.717) is 0 Å². The number of nitrogens with zero attached hydrogens (tertiary/aromatic N) is 3. The first-order valence-corrected chi connectivity index (χ1v) is 12.2. The van der Waals surface area contributed by atoms with Gasteiger partial charge in [-0.25, -0.2) is 9.69 Å². The summed E-state index contributed by atoms with van der Waals surface area (Å²) < 4.78 is 41.7. The Morgan fingerprint density at radius 1 is 1.05 bits per heavy atom. The Hall–Kier alpha value is -3.66. The molecule has 2 atom stereocenters. The van der Waals surface area contributed by atoms with Gasteiger partial charge in [0.1, 0.15) is 11.3 Å². The number of hydrogen-bond donors (Lipinski definition) is 1. The van der Waals surface area contributed by atoms with E-state index < -0.39 is 35.6 Å². The standard InChI is InChI=1S/C27H27F3N4O3/c1-26(2)24(35)33(17-10-12-18(13-11-17)37-27(28,29)30)25(36)34(26)23(22-9-5-6-15-31-22)20-14-16-32-21-8-4-3-7-19(20)21/h3-4,7-8,10-14,16,22-23,31H,5-6,9,15H2,1-2H3. The first-order chi connectivity index (χ1) is 17.6. The van der Waals surface area contributed by atoms with Crippen LogP contribution < -0.4 is 15.0 Å². The zero-order valence-corrected chi connectivity index (χ0v) is 20.5. The van der Waals surface area contributed by atoms with Crippen LogP contribution in [0.4, 0.5) is 23.7 Å². The molecule has 0 spiro atoms. The molecule has 1 N–H and O–H groups in total. The van der Waals surface area contributed by atoms with Crippen molar-refractivity contribution >= 4 is 28.5 Å². The summed E-state index contributed by atoms with van der Waals surface area (Å²) in [6, 6.07) is 13.2. The van der Waals surface area contributed by atoms with E-state index in [4.69, 9.17) is 0 Å². The van der Waals surface area contributed by atoms with Crippen LogP contribution in [0.1, 0.15) is 44.7 Å². The van der Waals surface area contributed by atoms with Gasteiger partial charge in [-0.15, -0.1) is 13.2 Å². The van der Waals surface area contributed by atoms with E-state index in [1.807, 2.05) is 30.3 Å². The van der Waals surface area contributed by atoms with Crippen molar-refractivity contribution in [3.63, 3.8) is 0 Å². The number of aromatic nitrogens is 1. The summed E-state index contributed by atoms with van der Waals surface area (Å²) in [4.78, 5) is 34.8. The van der Waals surface area contributed by atoms with Crippen LogP contribution in [0.25, 0.3) is 10.9 Å². The van der Waals surface area contributed by atoms with Crippen LogP contribution in [0, 0.1) is 0 Å². The third-order valence-electron chi connectivity index (χ3n) is 7.06. The number of anilines is 1. The molecule has 0 radical (unpaired) electrons. The topological polar surface area (TPSA) is 74.8 Å². The molecule has 2 unspecified atom stereocenters. The van der Waals surface area contributed by atoms with Crippen LogP contribution in [0.2, 0.25) is 0 Å². The number of para-hydroxylation sites is 1.